The summed E-state index contributed by atoms with van der Waals surface area (Å²) >= 11 is 18.0. The number of anilines is 2. The van der Waals surface area contributed by atoms with Crippen molar-refractivity contribution in [2.45, 2.75) is 13.0 Å². The molecule has 10 heteroatoms. The highest BCUT2D eigenvalue weighted by Gasteiger charge is 2.30. The number of methoxy groups -OCH3 is 1. The lowest BCUT2D eigenvalue weighted by Crippen LogP contribution is -2.45. The van der Waals surface area contributed by atoms with Crippen LogP contribution in [0.5, 0.6) is 5.75 Å². The van der Waals surface area contributed by atoms with Crippen LogP contribution in [-0.4, -0.2) is 33.7 Å². The molecule has 0 aliphatic rings. The number of amides is 1. The number of ether oxygens (including phenoxy) is 1. The summed E-state index contributed by atoms with van der Waals surface area (Å²) in [5.41, 5.74) is 0.548. The molecule has 0 saturated heterocycles. The van der Waals surface area contributed by atoms with Gasteiger partial charge in [-0.05, 0) is 43.3 Å². The van der Waals surface area contributed by atoms with Gasteiger partial charge >= 0.3 is 0 Å². The van der Waals surface area contributed by atoms with Crippen molar-refractivity contribution in [3.8, 4) is 5.75 Å². The van der Waals surface area contributed by atoms with Gasteiger partial charge in [-0.3, -0.25) is 9.10 Å². The van der Waals surface area contributed by atoms with Gasteiger partial charge in [-0.1, -0.05) is 34.8 Å². The first kappa shape index (κ1) is 21.6. The normalized spacial score (nSPS) is 12.4. The number of carbonyl (C=O) groups excluding carboxylic acids is 1. The second-order valence-electron chi connectivity index (χ2n) is 5.67. The Hall–Kier alpha value is -1.67. The molecule has 0 aromatic heterocycles. The molecule has 0 radical (unpaired) electrons. The first-order valence-electron chi connectivity index (χ1n) is 7.63. The molecule has 0 aliphatic heterocycles. The van der Waals surface area contributed by atoms with E-state index < -0.39 is 22.0 Å². The highest BCUT2D eigenvalue weighted by Crippen LogP contribution is 2.32. The molecule has 6 nitrogen and oxygen atoms in total. The molecular weight excluding hydrogens is 435 g/mol. The highest BCUT2D eigenvalue weighted by atomic mass is 35.5. The lowest BCUT2D eigenvalue weighted by Gasteiger charge is -2.28. The fraction of sp³-hybridized carbons (Fsp3) is 0.235. The van der Waals surface area contributed by atoms with E-state index in [9.17, 15) is 13.2 Å². The van der Waals surface area contributed by atoms with Crippen molar-refractivity contribution in [3.63, 3.8) is 0 Å². The molecule has 146 valence electrons. The predicted octanol–water partition coefficient (Wildman–Crippen LogP) is 4.45. The third-order valence-electron chi connectivity index (χ3n) is 3.67. The van der Waals surface area contributed by atoms with Crippen LogP contribution >= 0.6 is 34.8 Å². The van der Waals surface area contributed by atoms with E-state index >= 15 is 0 Å². The summed E-state index contributed by atoms with van der Waals surface area (Å²) in [5, 5.41) is 3.47. The van der Waals surface area contributed by atoms with Gasteiger partial charge in [-0.15, -0.1) is 0 Å². The van der Waals surface area contributed by atoms with Crippen molar-refractivity contribution in [1.29, 1.82) is 0 Å². The SMILES string of the molecule is COc1ccc(N([C@H](C)C(=O)Nc2ccc(Cl)cc2Cl)S(C)(=O)=O)cc1Cl. The van der Waals surface area contributed by atoms with Crippen molar-refractivity contribution >= 4 is 62.1 Å². The van der Waals surface area contributed by atoms with Gasteiger partial charge in [0.05, 0.1) is 34.8 Å². The molecule has 0 bridgehead atoms. The maximum absolute atomic E-state index is 12.7. The van der Waals surface area contributed by atoms with Crippen molar-refractivity contribution in [2.24, 2.45) is 0 Å². The summed E-state index contributed by atoms with van der Waals surface area (Å²) in [6.07, 6.45) is 1.00. The van der Waals surface area contributed by atoms with Crippen LogP contribution in [-0.2, 0) is 14.8 Å². The monoisotopic (exact) mass is 450 g/mol. The van der Waals surface area contributed by atoms with Gasteiger partial charge in [0.2, 0.25) is 15.9 Å². The van der Waals surface area contributed by atoms with Gasteiger partial charge in [0, 0.05) is 5.02 Å². The van der Waals surface area contributed by atoms with Gasteiger partial charge in [-0.2, -0.15) is 0 Å². The Labute approximate surface area is 173 Å². The molecule has 1 amide bonds. The zero-order chi connectivity index (χ0) is 20.4. The number of rotatable bonds is 6. The van der Waals surface area contributed by atoms with Crippen LogP contribution < -0.4 is 14.4 Å². The van der Waals surface area contributed by atoms with E-state index in [0.717, 1.165) is 10.6 Å². The molecule has 0 spiro atoms. The number of sulfonamides is 1. The van der Waals surface area contributed by atoms with Crippen LogP contribution in [0.25, 0.3) is 0 Å². The molecule has 1 atom stereocenters. The van der Waals surface area contributed by atoms with Gasteiger partial charge in [0.25, 0.3) is 0 Å². The zero-order valence-electron chi connectivity index (χ0n) is 14.7. The number of halogens is 3. The lowest BCUT2D eigenvalue weighted by atomic mass is 10.2. The molecule has 0 aliphatic carbocycles. The Kier molecular flexibility index (Phi) is 6.86. The Bertz CT molecular complexity index is 967. The van der Waals surface area contributed by atoms with E-state index in [1.807, 2.05) is 0 Å². The second-order valence-corrected chi connectivity index (χ2v) is 8.78. The maximum Gasteiger partial charge on any atom is 0.248 e. The second kappa shape index (κ2) is 8.56. The summed E-state index contributed by atoms with van der Waals surface area (Å²) < 4.78 is 30.7. The van der Waals surface area contributed by atoms with E-state index in [1.165, 1.54) is 44.4 Å². The van der Waals surface area contributed by atoms with E-state index in [2.05, 4.69) is 5.32 Å². The lowest BCUT2D eigenvalue weighted by molar-refractivity contribution is -0.116. The smallest absolute Gasteiger partial charge is 0.248 e. The average Bonchev–Trinajstić information content (AvgIpc) is 2.56. The molecule has 0 unspecified atom stereocenters. The summed E-state index contributed by atoms with van der Waals surface area (Å²) in [7, 11) is -2.34. The third kappa shape index (κ3) is 5.19. The number of hydrogen-bond donors (Lipinski definition) is 1. The molecule has 0 heterocycles. The average molecular weight is 452 g/mol. The third-order valence-corrected chi connectivity index (χ3v) is 5.75. The first-order valence-corrected chi connectivity index (χ1v) is 10.6. The van der Waals surface area contributed by atoms with Crippen LogP contribution in [0.3, 0.4) is 0 Å². The minimum Gasteiger partial charge on any atom is -0.495 e. The van der Waals surface area contributed by atoms with Crippen molar-refractivity contribution in [3.05, 3.63) is 51.5 Å². The minimum atomic E-state index is -3.79. The molecule has 0 saturated carbocycles. The highest BCUT2D eigenvalue weighted by molar-refractivity contribution is 7.92. The van der Waals surface area contributed by atoms with Crippen molar-refractivity contribution in [2.75, 3.05) is 23.0 Å². The standard InChI is InChI=1S/C17H17Cl3N2O4S/c1-10(17(23)21-15-6-4-11(18)8-13(15)19)22(27(3,24)25)12-5-7-16(26-2)14(20)9-12/h4-10H,1-3H3,(H,21,23)/t10-/m1/s1. The Morgan fingerprint density at radius 3 is 2.30 bits per heavy atom. The van der Waals surface area contributed by atoms with Crippen LogP contribution in [0.15, 0.2) is 36.4 Å². The minimum absolute atomic E-state index is 0.219. The predicted molar refractivity (Wildman–Crippen MR) is 110 cm³/mol. The number of carbonyl (C=O) groups is 1. The Morgan fingerprint density at radius 1 is 1.11 bits per heavy atom. The quantitative estimate of drug-likeness (QED) is 0.704. The van der Waals surface area contributed by atoms with Crippen LogP contribution in [0.2, 0.25) is 15.1 Å². The summed E-state index contributed by atoms with van der Waals surface area (Å²) in [6, 6.07) is 7.94. The van der Waals surface area contributed by atoms with Gasteiger partial charge < -0.3 is 10.1 Å². The molecule has 2 aromatic carbocycles. The van der Waals surface area contributed by atoms with Gasteiger partial charge in [0.1, 0.15) is 11.8 Å². The van der Waals surface area contributed by atoms with E-state index in [0.29, 0.717) is 16.5 Å². The van der Waals surface area contributed by atoms with E-state index in [-0.39, 0.29) is 15.7 Å². The number of benzene rings is 2. The maximum atomic E-state index is 12.7. The first-order chi connectivity index (χ1) is 12.5. The van der Waals surface area contributed by atoms with Crippen molar-refractivity contribution < 1.29 is 17.9 Å². The molecule has 1 N–H and O–H groups in total. The zero-order valence-corrected chi connectivity index (χ0v) is 17.7. The fourth-order valence-electron chi connectivity index (χ4n) is 2.43. The Balaban J connectivity index is 2.36. The Morgan fingerprint density at radius 2 is 1.78 bits per heavy atom. The van der Waals surface area contributed by atoms with E-state index in [4.69, 9.17) is 39.5 Å². The van der Waals surface area contributed by atoms with Gasteiger partial charge in [0.15, 0.2) is 0 Å². The topological polar surface area (TPSA) is 75.7 Å². The van der Waals surface area contributed by atoms with Crippen LogP contribution in [0.4, 0.5) is 11.4 Å². The van der Waals surface area contributed by atoms with Gasteiger partial charge in [-0.25, -0.2) is 8.42 Å². The summed E-state index contributed by atoms with van der Waals surface area (Å²) in [6.45, 7) is 1.46. The number of nitrogens with one attached hydrogen (secondary N) is 1. The molecule has 27 heavy (non-hydrogen) atoms. The summed E-state index contributed by atoms with van der Waals surface area (Å²) in [4.78, 5) is 12.7. The fourth-order valence-corrected chi connectivity index (χ4v) is 4.30. The molecule has 2 aromatic rings. The number of nitrogens with zero attached hydrogens (tertiary/aromatic N) is 1. The number of hydrogen-bond acceptors (Lipinski definition) is 4. The van der Waals surface area contributed by atoms with Crippen LogP contribution in [0.1, 0.15) is 6.92 Å². The van der Waals surface area contributed by atoms with Crippen LogP contribution in [0, 0.1) is 0 Å². The largest absolute Gasteiger partial charge is 0.495 e. The molecule has 0 fully saturated rings. The van der Waals surface area contributed by atoms with Crippen molar-refractivity contribution in [1.82, 2.24) is 0 Å². The summed E-state index contributed by atoms with van der Waals surface area (Å²) in [5.74, 6) is -0.185. The molecule has 2 rings (SSSR count). The van der Waals surface area contributed by atoms with E-state index in [1.54, 1.807) is 6.07 Å². The molecular formula is C17H17Cl3N2O4S.